The van der Waals surface area contributed by atoms with E-state index in [1.54, 1.807) is 0 Å². The highest BCUT2D eigenvalue weighted by atomic mass is 16.5. The van der Waals surface area contributed by atoms with Crippen molar-refractivity contribution in [1.82, 2.24) is 10.6 Å². The third kappa shape index (κ3) is 38.7. The Morgan fingerprint density at radius 1 is 0.464 bits per heavy atom. The average molecular weight is 795 g/mol. The number of aliphatic hydroxyl groups excluding tert-OH is 1. The van der Waals surface area contributed by atoms with Gasteiger partial charge >= 0.3 is 11.9 Å². The van der Waals surface area contributed by atoms with Crippen LogP contribution in [0.2, 0.25) is 0 Å². The van der Waals surface area contributed by atoms with Gasteiger partial charge in [0.15, 0.2) is 0 Å². The SMILES string of the molecule is CCCCCCCCCCCCCCCCCCCCCC(=O)OC(CCCCCCCCCCC)CCCCCCCC(=O)NCC(=O)NC(CO)C(=O)O. The van der Waals surface area contributed by atoms with E-state index in [0.717, 1.165) is 57.8 Å². The molecule has 0 heterocycles. The van der Waals surface area contributed by atoms with Crippen LogP contribution in [0.4, 0.5) is 0 Å². The maximum absolute atomic E-state index is 12.8. The summed E-state index contributed by atoms with van der Waals surface area (Å²) in [5.74, 6) is -2.27. The van der Waals surface area contributed by atoms with E-state index in [2.05, 4.69) is 24.5 Å². The van der Waals surface area contributed by atoms with Crippen molar-refractivity contribution >= 4 is 23.8 Å². The Morgan fingerprint density at radius 3 is 1.16 bits per heavy atom. The molecule has 56 heavy (non-hydrogen) atoms. The molecule has 2 unspecified atom stereocenters. The summed E-state index contributed by atoms with van der Waals surface area (Å²) in [5.41, 5.74) is 0. The molecule has 9 nitrogen and oxygen atoms in total. The van der Waals surface area contributed by atoms with Crippen LogP contribution in [0.25, 0.3) is 0 Å². The van der Waals surface area contributed by atoms with E-state index in [4.69, 9.17) is 14.9 Å². The maximum Gasteiger partial charge on any atom is 0.328 e. The van der Waals surface area contributed by atoms with E-state index in [0.29, 0.717) is 19.3 Å². The molecule has 4 N–H and O–H groups in total. The number of ether oxygens (including phenoxy) is 1. The number of amides is 2. The first kappa shape index (κ1) is 53.8. The number of carboxylic acids is 1. The molecule has 0 aromatic rings. The topological polar surface area (TPSA) is 142 Å². The minimum atomic E-state index is -1.38. The van der Waals surface area contributed by atoms with Gasteiger partial charge in [0, 0.05) is 12.8 Å². The Bertz CT molecular complexity index is 915. The summed E-state index contributed by atoms with van der Waals surface area (Å²) in [6.07, 6.45) is 44.3. The van der Waals surface area contributed by atoms with Crippen LogP contribution in [-0.2, 0) is 23.9 Å². The van der Waals surface area contributed by atoms with Crippen molar-refractivity contribution in [3.63, 3.8) is 0 Å². The fourth-order valence-corrected chi connectivity index (χ4v) is 7.42. The van der Waals surface area contributed by atoms with Gasteiger partial charge in [0.2, 0.25) is 11.8 Å². The van der Waals surface area contributed by atoms with Gasteiger partial charge in [0.1, 0.15) is 12.1 Å². The highest BCUT2D eigenvalue weighted by Gasteiger charge is 2.19. The van der Waals surface area contributed by atoms with E-state index < -0.39 is 24.5 Å². The van der Waals surface area contributed by atoms with Crippen LogP contribution in [0.15, 0.2) is 0 Å². The molecule has 0 saturated heterocycles. The number of unbranched alkanes of at least 4 members (excludes halogenated alkanes) is 30. The lowest BCUT2D eigenvalue weighted by Gasteiger charge is -2.18. The summed E-state index contributed by atoms with van der Waals surface area (Å²) in [5, 5.41) is 22.6. The first-order valence-corrected chi connectivity index (χ1v) is 23.9. The fourth-order valence-electron chi connectivity index (χ4n) is 7.42. The summed E-state index contributed by atoms with van der Waals surface area (Å²) in [4.78, 5) is 47.6. The third-order valence-corrected chi connectivity index (χ3v) is 11.1. The van der Waals surface area contributed by atoms with Gasteiger partial charge in [-0.2, -0.15) is 0 Å². The Hall–Kier alpha value is -2.16. The van der Waals surface area contributed by atoms with Gasteiger partial charge in [0.25, 0.3) is 0 Å². The lowest BCUT2D eigenvalue weighted by molar-refractivity contribution is -0.150. The number of esters is 1. The molecule has 0 bridgehead atoms. The molecule has 2 amide bonds. The predicted octanol–water partition coefficient (Wildman–Crippen LogP) is 12.0. The zero-order valence-corrected chi connectivity index (χ0v) is 36.7. The zero-order chi connectivity index (χ0) is 41.2. The normalized spacial score (nSPS) is 12.3. The Kier molecular flexibility index (Phi) is 40.8. The van der Waals surface area contributed by atoms with Gasteiger partial charge in [-0.1, -0.05) is 200 Å². The van der Waals surface area contributed by atoms with Crippen LogP contribution in [0, 0.1) is 0 Å². The molecule has 330 valence electrons. The summed E-state index contributed by atoms with van der Waals surface area (Å²) in [6.45, 7) is 3.51. The number of hydrogen-bond acceptors (Lipinski definition) is 6. The van der Waals surface area contributed by atoms with E-state index >= 15 is 0 Å². The second-order valence-electron chi connectivity index (χ2n) is 16.6. The van der Waals surface area contributed by atoms with Crippen LogP contribution in [0.1, 0.15) is 251 Å². The number of carbonyl (C=O) groups is 4. The van der Waals surface area contributed by atoms with Gasteiger partial charge < -0.3 is 25.6 Å². The van der Waals surface area contributed by atoms with Crippen molar-refractivity contribution in [3.05, 3.63) is 0 Å². The van der Waals surface area contributed by atoms with Crippen LogP contribution >= 0.6 is 0 Å². The van der Waals surface area contributed by atoms with Crippen molar-refractivity contribution in [3.8, 4) is 0 Å². The van der Waals surface area contributed by atoms with Gasteiger partial charge in [-0.3, -0.25) is 14.4 Å². The minimum absolute atomic E-state index is 0.00384. The number of aliphatic carboxylic acids is 1. The standard InChI is InChI=1S/C47H90N2O7/c1-3-5-7-9-11-13-14-15-16-17-18-19-20-21-22-24-26-31-35-39-46(53)56-42(36-32-28-25-23-12-10-8-6-4-2)37-33-29-27-30-34-38-44(51)48-40-45(52)49-43(41-50)47(54)55/h42-43,50H,3-41H2,1-2H3,(H,48,51)(H,49,52)(H,54,55). The quantitative estimate of drug-likeness (QED) is 0.0355. The molecular formula is C47H90N2O7. The predicted molar refractivity (Wildman–Crippen MR) is 232 cm³/mol. The number of carbonyl (C=O) groups excluding carboxylic acids is 3. The van der Waals surface area contributed by atoms with E-state index in [-0.39, 0.29) is 24.5 Å². The molecule has 0 aromatic carbocycles. The number of carboxylic acid groups (broad SMARTS) is 1. The van der Waals surface area contributed by atoms with Crippen LogP contribution in [0.5, 0.6) is 0 Å². The second kappa shape index (κ2) is 42.4. The van der Waals surface area contributed by atoms with Gasteiger partial charge in [-0.15, -0.1) is 0 Å². The molecule has 0 rings (SSSR count). The lowest BCUT2D eigenvalue weighted by atomic mass is 10.0. The van der Waals surface area contributed by atoms with E-state index in [9.17, 15) is 19.2 Å². The number of nitrogens with one attached hydrogen (secondary N) is 2. The monoisotopic (exact) mass is 795 g/mol. The minimum Gasteiger partial charge on any atom is -0.480 e. The molecular weight excluding hydrogens is 705 g/mol. The molecule has 0 aliphatic rings. The lowest BCUT2D eigenvalue weighted by Crippen LogP contribution is -2.47. The molecule has 9 heteroatoms. The van der Waals surface area contributed by atoms with Crippen molar-refractivity contribution < 1.29 is 34.1 Å². The number of aliphatic hydroxyl groups is 1. The Balaban J connectivity index is 4.12. The van der Waals surface area contributed by atoms with E-state index in [1.165, 1.54) is 161 Å². The van der Waals surface area contributed by atoms with Gasteiger partial charge in [-0.25, -0.2) is 4.79 Å². The molecule has 0 aliphatic heterocycles. The molecule has 0 aromatic heterocycles. The van der Waals surface area contributed by atoms with Crippen LogP contribution in [0.3, 0.4) is 0 Å². The van der Waals surface area contributed by atoms with Crippen molar-refractivity contribution in [2.45, 2.75) is 264 Å². The Labute approximate surface area is 344 Å². The summed E-state index contributed by atoms with van der Waals surface area (Å²) >= 11 is 0. The fraction of sp³-hybridized carbons (Fsp3) is 0.915. The maximum atomic E-state index is 12.8. The summed E-state index contributed by atoms with van der Waals surface area (Å²) in [6, 6.07) is -1.38. The first-order chi connectivity index (χ1) is 27.3. The van der Waals surface area contributed by atoms with E-state index in [1.807, 2.05) is 0 Å². The third-order valence-electron chi connectivity index (χ3n) is 11.1. The second-order valence-corrected chi connectivity index (χ2v) is 16.6. The highest BCUT2D eigenvalue weighted by molar-refractivity contribution is 5.87. The summed E-state index contributed by atoms with van der Waals surface area (Å²) in [7, 11) is 0. The summed E-state index contributed by atoms with van der Waals surface area (Å²) < 4.78 is 6.04. The number of rotatable bonds is 44. The Morgan fingerprint density at radius 2 is 0.804 bits per heavy atom. The molecule has 0 spiro atoms. The molecule has 0 aliphatic carbocycles. The number of hydrogen-bond donors (Lipinski definition) is 4. The first-order valence-electron chi connectivity index (χ1n) is 23.9. The van der Waals surface area contributed by atoms with Crippen LogP contribution < -0.4 is 10.6 Å². The molecule has 0 radical (unpaired) electrons. The van der Waals surface area contributed by atoms with Crippen molar-refractivity contribution in [2.75, 3.05) is 13.2 Å². The molecule has 0 saturated carbocycles. The highest BCUT2D eigenvalue weighted by Crippen LogP contribution is 2.19. The van der Waals surface area contributed by atoms with Gasteiger partial charge in [0.05, 0.1) is 13.2 Å². The largest absolute Gasteiger partial charge is 0.480 e. The average Bonchev–Trinajstić information content (AvgIpc) is 3.18. The zero-order valence-electron chi connectivity index (χ0n) is 36.7. The van der Waals surface area contributed by atoms with Gasteiger partial charge in [-0.05, 0) is 38.5 Å². The van der Waals surface area contributed by atoms with Crippen molar-refractivity contribution in [2.24, 2.45) is 0 Å². The van der Waals surface area contributed by atoms with Crippen molar-refractivity contribution in [1.29, 1.82) is 0 Å². The van der Waals surface area contributed by atoms with Crippen LogP contribution in [-0.4, -0.2) is 59.3 Å². The molecule has 0 fully saturated rings. The smallest absolute Gasteiger partial charge is 0.328 e. The molecule has 2 atom stereocenters.